The smallest absolute Gasteiger partial charge is 0.265 e. The Bertz CT molecular complexity index is 1130. The summed E-state index contributed by atoms with van der Waals surface area (Å²) in [6.07, 6.45) is 1.48. The first kappa shape index (κ1) is 22.1. The number of fused-ring (bicyclic) bond motifs is 1. The summed E-state index contributed by atoms with van der Waals surface area (Å²) in [6, 6.07) is 16.1. The molecule has 1 aromatic heterocycles. The molecule has 2 heterocycles. The van der Waals surface area contributed by atoms with Gasteiger partial charge in [-0.05, 0) is 42.0 Å². The molecule has 0 saturated carbocycles. The van der Waals surface area contributed by atoms with Crippen LogP contribution in [0, 0.1) is 5.82 Å². The number of nitrogens with zero attached hydrogens (tertiary/aromatic N) is 2. The zero-order chi connectivity index (χ0) is 23.2. The van der Waals surface area contributed by atoms with Gasteiger partial charge in [0.1, 0.15) is 30.4 Å². The second-order valence-corrected chi connectivity index (χ2v) is 7.47. The van der Waals surface area contributed by atoms with E-state index in [1.165, 1.54) is 28.2 Å². The van der Waals surface area contributed by atoms with Crippen LogP contribution >= 0.6 is 0 Å². The fourth-order valence-electron chi connectivity index (χ4n) is 3.42. The Hall–Kier alpha value is -4.14. The van der Waals surface area contributed by atoms with Crippen molar-refractivity contribution in [2.75, 3.05) is 24.6 Å². The van der Waals surface area contributed by atoms with E-state index >= 15 is 0 Å². The standard InChI is InChI=1S/C24H22FN3O5/c25-18-9-7-17(8-10-18)12-26-22(29)14-27(13-19-4-3-11-32-19)23(30)15-28-20-5-1-2-6-21(20)33-16-24(28)31/h1-11H,12-16H2,(H,26,29). The van der Waals surface area contributed by atoms with Crippen molar-refractivity contribution >= 4 is 23.4 Å². The van der Waals surface area contributed by atoms with Crippen molar-refractivity contribution in [3.05, 3.63) is 84.1 Å². The van der Waals surface area contributed by atoms with Crippen LogP contribution in [0.5, 0.6) is 5.75 Å². The highest BCUT2D eigenvalue weighted by Gasteiger charge is 2.29. The van der Waals surface area contributed by atoms with Gasteiger partial charge in [0.05, 0.1) is 18.5 Å². The Morgan fingerprint density at radius 3 is 2.61 bits per heavy atom. The van der Waals surface area contributed by atoms with Gasteiger partial charge in [0.25, 0.3) is 5.91 Å². The first-order chi connectivity index (χ1) is 16.0. The molecule has 0 spiro atoms. The third-order valence-corrected chi connectivity index (χ3v) is 5.12. The van der Waals surface area contributed by atoms with Crippen LogP contribution in [0.2, 0.25) is 0 Å². The molecule has 4 rings (SSSR count). The van der Waals surface area contributed by atoms with Crippen LogP contribution < -0.4 is 15.0 Å². The number of carbonyl (C=O) groups excluding carboxylic acids is 3. The maximum atomic E-state index is 13.2. The number of amides is 3. The van der Waals surface area contributed by atoms with E-state index in [0.29, 0.717) is 17.2 Å². The van der Waals surface area contributed by atoms with Crippen LogP contribution in [-0.4, -0.2) is 42.3 Å². The zero-order valence-electron chi connectivity index (χ0n) is 17.7. The summed E-state index contributed by atoms with van der Waals surface area (Å²) >= 11 is 0. The normalized spacial score (nSPS) is 12.6. The van der Waals surface area contributed by atoms with E-state index in [4.69, 9.17) is 9.15 Å². The molecule has 9 heteroatoms. The molecule has 3 amide bonds. The topological polar surface area (TPSA) is 92.1 Å². The summed E-state index contributed by atoms with van der Waals surface area (Å²) in [4.78, 5) is 40.9. The lowest BCUT2D eigenvalue weighted by atomic mass is 10.2. The van der Waals surface area contributed by atoms with Crippen molar-refractivity contribution in [1.82, 2.24) is 10.2 Å². The first-order valence-corrected chi connectivity index (χ1v) is 10.3. The predicted molar refractivity (Wildman–Crippen MR) is 117 cm³/mol. The SMILES string of the molecule is O=C(CN(Cc1ccco1)C(=O)CN1C(=O)COc2ccccc21)NCc1ccc(F)cc1. The second-order valence-electron chi connectivity index (χ2n) is 7.47. The van der Waals surface area contributed by atoms with Gasteiger partial charge in [-0.2, -0.15) is 0 Å². The third kappa shape index (κ3) is 5.57. The number of rotatable bonds is 8. The molecule has 0 bridgehead atoms. The van der Waals surface area contributed by atoms with Crippen molar-refractivity contribution in [3.8, 4) is 5.75 Å². The van der Waals surface area contributed by atoms with Crippen LogP contribution in [0.1, 0.15) is 11.3 Å². The molecule has 170 valence electrons. The molecule has 1 aliphatic rings. The molecular formula is C24H22FN3O5. The Kier molecular flexibility index (Phi) is 6.68. The Morgan fingerprint density at radius 1 is 1.06 bits per heavy atom. The fraction of sp³-hybridized carbons (Fsp3) is 0.208. The van der Waals surface area contributed by atoms with Crippen molar-refractivity contribution in [2.24, 2.45) is 0 Å². The number of hydrogen-bond donors (Lipinski definition) is 1. The van der Waals surface area contributed by atoms with Gasteiger partial charge in [-0.15, -0.1) is 0 Å². The lowest BCUT2D eigenvalue weighted by Gasteiger charge is -2.31. The minimum Gasteiger partial charge on any atom is -0.482 e. The van der Waals surface area contributed by atoms with Crippen molar-refractivity contribution in [3.63, 3.8) is 0 Å². The second kappa shape index (κ2) is 9.99. The van der Waals surface area contributed by atoms with Gasteiger partial charge in [-0.25, -0.2) is 4.39 Å². The number of nitrogens with one attached hydrogen (secondary N) is 1. The Balaban J connectivity index is 1.44. The molecule has 0 fully saturated rings. The van der Waals surface area contributed by atoms with Gasteiger partial charge < -0.3 is 19.4 Å². The van der Waals surface area contributed by atoms with Crippen molar-refractivity contribution < 1.29 is 27.9 Å². The number of para-hydroxylation sites is 2. The van der Waals surface area contributed by atoms with Crippen molar-refractivity contribution in [2.45, 2.75) is 13.1 Å². The molecule has 0 unspecified atom stereocenters. The van der Waals surface area contributed by atoms with Gasteiger partial charge in [0, 0.05) is 6.54 Å². The van der Waals surface area contributed by atoms with Crippen LogP contribution in [0.4, 0.5) is 10.1 Å². The first-order valence-electron chi connectivity index (χ1n) is 10.3. The molecule has 2 aromatic carbocycles. The minimum atomic E-state index is -0.423. The minimum absolute atomic E-state index is 0.0655. The highest BCUT2D eigenvalue weighted by Crippen LogP contribution is 2.31. The molecular weight excluding hydrogens is 429 g/mol. The number of halogens is 1. The third-order valence-electron chi connectivity index (χ3n) is 5.12. The lowest BCUT2D eigenvalue weighted by molar-refractivity contribution is -0.136. The molecule has 0 saturated heterocycles. The summed E-state index contributed by atoms with van der Waals surface area (Å²) in [7, 11) is 0. The number of hydrogen-bond acceptors (Lipinski definition) is 5. The van der Waals surface area contributed by atoms with E-state index in [9.17, 15) is 18.8 Å². The van der Waals surface area contributed by atoms with Gasteiger partial charge in [0.2, 0.25) is 11.8 Å². The quantitative estimate of drug-likeness (QED) is 0.568. The van der Waals surface area contributed by atoms with Crippen molar-refractivity contribution in [1.29, 1.82) is 0 Å². The molecule has 1 N–H and O–H groups in total. The summed E-state index contributed by atoms with van der Waals surface area (Å²) in [5.74, 6) is -0.510. The zero-order valence-corrected chi connectivity index (χ0v) is 17.7. The number of benzene rings is 2. The lowest BCUT2D eigenvalue weighted by Crippen LogP contribution is -2.48. The molecule has 0 radical (unpaired) electrons. The van der Waals surface area contributed by atoms with Crippen LogP contribution in [0.3, 0.4) is 0 Å². The van der Waals surface area contributed by atoms with Crippen LogP contribution in [-0.2, 0) is 27.5 Å². The number of anilines is 1. The number of furan rings is 1. The maximum Gasteiger partial charge on any atom is 0.265 e. The largest absolute Gasteiger partial charge is 0.482 e. The summed E-state index contributed by atoms with van der Waals surface area (Å²) in [5, 5.41) is 2.72. The van der Waals surface area contributed by atoms with Crippen LogP contribution in [0.25, 0.3) is 0 Å². The van der Waals surface area contributed by atoms with Gasteiger partial charge >= 0.3 is 0 Å². The highest BCUT2D eigenvalue weighted by molar-refractivity contribution is 6.02. The molecule has 0 aliphatic carbocycles. The number of ether oxygens (including phenoxy) is 1. The summed E-state index contributed by atoms with van der Waals surface area (Å²) in [5.41, 5.74) is 1.23. The van der Waals surface area contributed by atoms with E-state index in [-0.39, 0.29) is 44.5 Å². The van der Waals surface area contributed by atoms with E-state index in [2.05, 4.69) is 5.32 Å². The Labute approximate surface area is 189 Å². The van der Waals surface area contributed by atoms with Gasteiger partial charge in [0.15, 0.2) is 6.61 Å². The fourth-order valence-corrected chi connectivity index (χ4v) is 3.42. The predicted octanol–water partition coefficient (Wildman–Crippen LogP) is 2.49. The molecule has 1 aliphatic heterocycles. The van der Waals surface area contributed by atoms with E-state index in [0.717, 1.165) is 5.56 Å². The van der Waals surface area contributed by atoms with Crippen LogP contribution in [0.15, 0.2) is 71.3 Å². The average Bonchev–Trinajstić information content (AvgIpc) is 3.33. The maximum absolute atomic E-state index is 13.2. The van der Waals surface area contributed by atoms with Gasteiger partial charge in [-0.3, -0.25) is 19.3 Å². The highest BCUT2D eigenvalue weighted by atomic mass is 19.1. The summed E-state index contributed by atoms with van der Waals surface area (Å²) in [6.45, 7) is -0.389. The van der Waals surface area contributed by atoms with E-state index in [1.54, 1.807) is 48.5 Å². The molecule has 0 atom stereocenters. The number of carbonyl (C=O) groups is 3. The molecule has 8 nitrogen and oxygen atoms in total. The average molecular weight is 451 g/mol. The van der Waals surface area contributed by atoms with Gasteiger partial charge in [-0.1, -0.05) is 24.3 Å². The van der Waals surface area contributed by atoms with E-state index in [1.807, 2.05) is 0 Å². The van der Waals surface area contributed by atoms with E-state index < -0.39 is 11.8 Å². The monoisotopic (exact) mass is 451 g/mol. The molecule has 3 aromatic rings. The summed E-state index contributed by atoms with van der Waals surface area (Å²) < 4.78 is 23.8. The molecule has 33 heavy (non-hydrogen) atoms. The Morgan fingerprint density at radius 2 is 1.85 bits per heavy atom.